The van der Waals surface area contributed by atoms with Gasteiger partial charge in [0.05, 0.1) is 18.1 Å². The molecule has 0 aromatic carbocycles. The van der Waals surface area contributed by atoms with Crippen LogP contribution < -0.4 is 0 Å². The van der Waals surface area contributed by atoms with Crippen molar-refractivity contribution in [3.05, 3.63) is 21.9 Å². The van der Waals surface area contributed by atoms with E-state index in [2.05, 4.69) is 6.92 Å². The van der Waals surface area contributed by atoms with Crippen molar-refractivity contribution >= 4 is 17.2 Å². The van der Waals surface area contributed by atoms with Crippen LogP contribution in [-0.4, -0.2) is 51.3 Å². The van der Waals surface area contributed by atoms with Crippen molar-refractivity contribution in [2.45, 2.75) is 13.3 Å². The molecule has 1 aromatic rings. The second kappa shape index (κ2) is 8.24. The summed E-state index contributed by atoms with van der Waals surface area (Å²) in [5.74, 6) is 0.0637. The molecule has 1 heterocycles. The molecule has 0 aliphatic heterocycles. The molecule has 0 bridgehead atoms. The molecule has 102 valence electrons. The van der Waals surface area contributed by atoms with Gasteiger partial charge in [0.15, 0.2) is 0 Å². The van der Waals surface area contributed by atoms with Crippen LogP contribution in [0.5, 0.6) is 0 Å². The van der Waals surface area contributed by atoms with Gasteiger partial charge in [-0.05, 0) is 18.6 Å². The molecule has 0 spiro atoms. The molecule has 0 unspecified atom stereocenters. The van der Waals surface area contributed by atoms with Crippen LogP contribution in [0.25, 0.3) is 0 Å². The van der Waals surface area contributed by atoms with Crippen LogP contribution >= 0.6 is 11.3 Å². The zero-order chi connectivity index (χ0) is 13.4. The van der Waals surface area contributed by atoms with Gasteiger partial charge < -0.3 is 14.4 Å². The van der Waals surface area contributed by atoms with Crippen molar-refractivity contribution in [2.24, 2.45) is 0 Å². The van der Waals surface area contributed by atoms with Crippen LogP contribution in [0, 0.1) is 0 Å². The summed E-state index contributed by atoms with van der Waals surface area (Å²) in [6, 6.07) is 3.92. The maximum atomic E-state index is 12.3. The lowest BCUT2D eigenvalue weighted by atomic mass is 10.3. The van der Waals surface area contributed by atoms with Gasteiger partial charge in [-0.25, -0.2) is 0 Å². The molecule has 0 saturated heterocycles. The fraction of sp³-hybridized carbons (Fsp3) is 0.615. The Hall–Kier alpha value is -0.910. The molecule has 4 nitrogen and oxygen atoms in total. The third-order valence-electron chi connectivity index (χ3n) is 2.64. The SMILES string of the molecule is CCc1ccc(C(=O)N(CCOC)CCOC)s1. The molecule has 0 N–H and O–H groups in total. The quantitative estimate of drug-likeness (QED) is 0.726. The molecule has 1 rings (SSSR count). The van der Waals surface area contributed by atoms with E-state index in [-0.39, 0.29) is 5.91 Å². The second-order valence-electron chi connectivity index (χ2n) is 3.90. The molecule has 18 heavy (non-hydrogen) atoms. The zero-order valence-corrected chi connectivity index (χ0v) is 12.1. The molecule has 0 radical (unpaired) electrons. The predicted molar refractivity (Wildman–Crippen MR) is 73.4 cm³/mol. The van der Waals surface area contributed by atoms with E-state index in [1.807, 2.05) is 12.1 Å². The number of aryl methyl sites for hydroxylation is 1. The maximum absolute atomic E-state index is 12.3. The van der Waals surface area contributed by atoms with Crippen LogP contribution in [0.1, 0.15) is 21.5 Å². The Morgan fingerprint density at radius 2 is 1.83 bits per heavy atom. The Kier molecular flexibility index (Phi) is 6.93. The summed E-state index contributed by atoms with van der Waals surface area (Å²) in [5, 5.41) is 0. The van der Waals surface area contributed by atoms with Crippen molar-refractivity contribution in [2.75, 3.05) is 40.5 Å². The summed E-state index contributed by atoms with van der Waals surface area (Å²) in [6.45, 7) is 4.37. The monoisotopic (exact) mass is 271 g/mol. The van der Waals surface area contributed by atoms with Crippen molar-refractivity contribution in [1.29, 1.82) is 0 Å². The van der Waals surface area contributed by atoms with Gasteiger partial charge >= 0.3 is 0 Å². The van der Waals surface area contributed by atoms with Gasteiger partial charge in [0, 0.05) is 32.2 Å². The van der Waals surface area contributed by atoms with Crippen molar-refractivity contribution in [1.82, 2.24) is 4.90 Å². The first-order valence-electron chi connectivity index (χ1n) is 6.08. The number of nitrogens with zero attached hydrogens (tertiary/aromatic N) is 1. The fourth-order valence-electron chi connectivity index (χ4n) is 1.56. The lowest BCUT2D eigenvalue weighted by Gasteiger charge is -2.21. The summed E-state index contributed by atoms with van der Waals surface area (Å²) < 4.78 is 10.1. The maximum Gasteiger partial charge on any atom is 0.264 e. The zero-order valence-electron chi connectivity index (χ0n) is 11.3. The summed E-state index contributed by atoms with van der Waals surface area (Å²) in [5.41, 5.74) is 0. The molecule has 0 aliphatic rings. The molecule has 1 aromatic heterocycles. The average Bonchev–Trinajstić information content (AvgIpc) is 2.87. The van der Waals surface area contributed by atoms with Crippen LogP contribution in [0.15, 0.2) is 12.1 Å². The number of thiophene rings is 1. The topological polar surface area (TPSA) is 38.8 Å². The molecule has 0 saturated carbocycles. The first kappa shape index (κ1) is 15.1. The highest BCUT2D eigenvalue weighted by molar-refractivity contribution is 7.14. The highest BCUT2D eigenvalue weighted by Gasteiger charge is 2.17. The van der Waals surface area contributed by atoms with Gasteiger partial charge in [-0.1, -0.05) is 6.92 Å². The van der Waals surface area contributed by atoms with E-state index in [4.69, 9.17) is 9.47 Å². The third-order valence-corrected chi connectivity index (χ3v) is 3.86. The van der Waals surface area contributed by atoms with Crippen molar-refractivity contribution in [3.8, 4) is 0 Å². The fourth-order valence-corrected chi connectivity index (χ4v) is 2.47. The van der Waals surface area contributed by atoms with Gasteiger partial charge in [0.1, 0.15) is 0 Å². The minimum absolute atomic E-state index is 0.0637. The van der Waals surface area contributed by atoms with E-state index in [0.29, 0.717) is 26.3 Å². The summed E-state index contributed by atoms with van der Waals surface area (Å²) >= 11 is 1.56. The minimum atomic E-state index is 0.0637. The van der Waals surface area contributed by atoms with Gasteiger partial charge in [0.25, 0.3) is 5.91 Å². The Morgan fingerprint density at radius 1 is 1.22 bits per heavy atom. The number of methoxy groups -OCH3 is 2. The van der Waals surface area contributed by atoms with E-state index in [1.54, 1.807) is 30.5 Å². The van der Waals surface area contributed by atoms with Gasteiger partial charge in [0.2, 0.25) is 0 Å². The van der Waals surface area contributed by atoms with Gasteiger partial charge in [-0.2, -0.15) is 0 Å². The van der Waals surface area contributed by atoms with Crippen LogP contribution in [0.2, 0.25) is 0 Å². The second-order valence-corrected chi connectivity index (χ2v) is 5.07. The Morgan fingerprint density at radius 3 is 2.28 bits per heavy atom. The smallest absolute Gasteiger partial charge is 0.264 e. The molecule has 5 heteroatoms. The largest absolute Gasteiger partial charge is 0.383 e. The van der Waals surface area contributed by atoms with Gasteiger partial charge in [-0.3, -0.25) is 4.79 Å². The summed E-state index contributed by atoms with van der Waals surface area (Å²) in [4.78, 5) is 16.1. The van der Waals surface area contributed by atoms with E-state index < -0.39 is 0 Å². The van der Waals surface area contributed by atoms with Crippen LogP contribution in [0.4, 0.5) is 0 Å². The number of ether oxygens (including phenoxy) is 2. The lowest BCUT2D eigenvalue weighted by molar-refractivity contribution is 0.0632. The van der Waals surface area contributed by atoms with Crippen LogP contribution in [0.3, 0.4) is 0 Å². The standard InChI is InChI=1S/C13H21NO3S/c1-4-11-5-6-12(18-11)13(15)14(7-9-16-2)8-10-17-3/h5-6H,4,7-10H2,1-3H3. The molecule has 1 amide bonds. The Labute approximate surface area is 113 Å². The number of hydrogen-bond acceptors (Lipinski definition) is 4. The third kappa shape index (κ3) is 4.40. The predicted octanol–water partition coefficient (Wildman–Crippen LogP) is 2.05. The highest BCUT2D eigenvalue weighted by atomic mass is 32.1. The Balaban J connectivity index is 2.67. The van der Waals surface area contributed by atoms with E-state index in [0.717, 1.165) is 11.3 Å². The Bertz CT molecular complexity index is 357. The number of carbonyl (C=O) groups excluding carboxylic acids is 1. The first-order chi connectivity index (χ1) is 8.72. The number of hydrogen-bond donors (Lipinski definition) is 0. The average molecular weight is 271 g/mol. The molecular weight excluding hydrogens is 250 g/mol. The summed E-state index contributed by atoms with van der Waals surface area (Å²) in [7, 11) is 3.28. The number of rotatable bonds is 8. The lowest BCUT2D eigenvalue weighted by Crippen LogP contribution is -2.36. The van der Waals surface area contributed by atoms with Crippen molar-refractivity contribution in [3.63, 3.8) is 0 Å². The van der Waals surface area contributed by atoms with Gasteiger partial charge in [-0.15, -0.1) is 11.3 Å². The van der Waals surface area contributed by atoms with Crippen LogP contribution in [-0.2, 0) is 15.9 Å². The molecular formula is C13H21NO3S. The normalized spacial score (nSPS) is 10.6. The molecule has 0 aliphatic carbocycles. The molecule has 0 atom stereocenters. The number of carbonyl (C=O) groups is 1. The van der Waals surface area contributed by atoms with E-state index in [9.17, 15) is 4.79 Å². The highest BCUT2D eigenvalue weighted by Crippen LogP contribution is 2.18. The first-order valence-corrected chi connectivity index (χ1v) is 6.90. The molecule has 0 fully saturated rings. The minimum Gasteiger partial charge on any atom is -0.383 e. The summed E-state index contributed by atoms with van der Waals surface area (Å²) in [6.07, 6.45) is 0.966. The van der Waals surface area contributed by atoms with Crippen molar-refractivity contribution < 1.29 is 14.3 Å². The number of amides is 1. The van der Waals surface area contributed by atoms with E-state index in [1.165, 1.54) is 4.88 Å². The van der Waals surface area contributed by atoms with E-state index >= 15 is 0 Å².